The number of carbonyl (C=O) groups excluding carboxylic acids is 3. The van der Waals surface area contributed by atoms with E-state index >= 15 is 0 Å². The lowest BCUT2D eigenvalue weighted by molar-refractivity contribution is -0.137. The molecule has 1 aromatic carbocycles. The summed E-state index contributed by atoms with van der Waals surface area (Å²) in [7, 11) is 3.17. The number of hydrogen-bond donors (Lipinski definition) is 1. The summed E-state index contributed by atoms with van der Waals surface area (Å²) in [4.78, 5) is 38.6. The molecule has 0 aromatic heterocycles. The maximum atomic E-state index is 12.6. The fourth-order valence-electron chi connectivity index (χ4n) is 2.20. The van der Waals surface area contributed by atoms with Gasteiger partial charge < -0.3 is 10.2 Å². The van der Waals surface area contributed by atoms with Gasteiger partial charge in [0.05, 0.1) is 0 Å². The molecule has 2 rings (SSSR count). The van der Waals surface area contributed by atoms with E-state index in [4.69, 9.17) is 0 Å². The highest BCUT2D eigenvalue weighted by molar-refractivity contribution is 6.09. The van der Waals surface area contributed by atoms with E-state index in [9.17, 15) is 14.4 Å². The molecule has 1 atom stereocenters. The van der Waals surface area contributed by atoms with E-state index in [1.54, 1.807) is 21.0 Å². The summed E-state index contributed by atoms with van der Waals surface area (Å²) >= 11 is 0. The Labute approximate surface area is 123 Å². The van der Waals surface area contributed by atoms with Gasteiger partial charge >= 0.3 is 6.03 Å². The molecule has 1 saturated heterocycles. The van der Waals surface area contributed by atoms with Crippen LogP contribution >= 0.6 is 0 Å². The Balaban J connectivity index is 2.28. The van der Waals surface area contributed by atoms with Gasteiger partial charge in [0, 0.05) is 14.1 Å². The summed E-state index contributed by atoms with van der Waals surface area (Å²) < 4.78 is 0. The normalized spacial score (nSPS) is 21.4. The van der Waals surface area contributed by atoms with E-state index in [1.165, 1.54) is 4.90 Å². The van der Waals surface area contributed by atoms with Crippen LogP contribution in [0.25, 0.3) is 0 Å². The second-order valence-electron chi connectivity index (χ2n) is 5.60. The lowest BCUT2D eigenvalue weighted by Crippen LogP contribution is -2.43. The summed E-state index contributed by atoms with van der Waals surface area (Å²) in [6.45, 7) is 3.35. The molecule has 0 radical (unpaired) electrons. The average molecular weight is 289 g/mol. The molecule has 0 saturated carbocycles. The Kier molecular flexibility index (Phi) is 3.72. The third-order valence-corrected chi connectivity index (χ3v) is 3.70. The van der Waals surface area contributed by atoms with Crippen molar-refractivity contribution in [2.75, 3.05) is 20.6 Å². The first-order valence-corrected chi connectivity index (χ1v) is 6.67. The van der Waals surface area contributed by atoms with Crippen molar-refractivity contribution in [1.82, 2.24) is 15.1 Å². The third-order valence-electron chi connectivity index (χ3n) is 3.70. The summed E-state index contributed by atoms with van der Waals surface area (Å²) in [5.41, 5.74) is 0.641. The molecule has 1 heterocycles. The topological polar surface area (TPSA) is 69.7 Å². The number of benzene rings is 1. The molecular weight excluding hydrogens is 270 g/mol. The first kappa shape index (κ1) is 15.0. The molecule has 21 heavy (non-hydrogen) atoms. The van der Waals surface area contributed by atoms with Crippen LogP contribution in [0.1, 0.15) is 18.1 Å². The van der Waals surface area contributed by atoms with E-state index in [1.807, 2.05) is 31.2 Å². The van der Waals surface area contributed by atoms with Crippen molar-refractivity contribution in [2.45, 2.75) is 19.4 Å². The van der Waals surface area contributed by atoms with Crippen molar-refractivity contribution in [3.63, 3.8) is 0 Å². The zero-order chi connectivity index (χ0) is 15.8. The summed E-state index contributed by atoms with van der Waals surface area (Å²) in [5.74, 6) is -0.710. The zero-order valence-corrected chi connectivity index (χ0v) is 12.6. The molecule has 1 aliphatic rings. The highest BCUT2D eigenvalue weighted by Crippen LogP contribution is 2.28. The van der Waals surface area contributed by atoms with Gasteiger partial charge in [-0.25, -0.2) is 4.79 Å². The Bertz CT molecular complexity index is 595. The summed E-state index contributed by atoms with van der Waals surface area (Å²) in [6, 6.07) is 6.84. The molecular formula is C15H19N3O3. The van der Waals surface area contributed by atoms with Crippen LogP contribution in [0.15, 0.2) is 24.3 Å². The van der Waals surface area contributed by atoms with E-state index in [-0.39, 0.29) is 12.5 Å². The molecule has 4 amide bonds. The van der Waals surface area contributed by atoms with Crippen LogP contribution in [0.5, 0.6) is 0 Å². The largest absolute Gasteiger partial charge is 0.347 e. The molecule has 0 unspecified atom stereocenters. The van der Waals surface area contributed by atoms with Gasteiger partial charge in [-0.05, 0) is 19.4 Å². The molecule has 0 spiro atoms. The van der Waals surface area contributed by atoms with E-state index < -0.39 is 17.5 Å². The van der Waals surface area contributed by atoms with Gasteiger partial charge in [0.1, 0.15) is 12.1 Å². The van der Waals surface area contributed by atoms with E-state index in [0.29, 0.717) is 5.56 Å². The van der Waals surface area contributed by atoms with Gasteiger partial charge in [-0.1, -0.05) is 29.8 Å². The van der Waals surface area contributed by atoms with Gasteiger partial charge in [-0.15, -0.1) is 0 Å². The third kappa shape index (κ3) is 2.61. The average Bonchev–Trinajstić information content (AvgIpc) is 2.63. The first-order valence-electron chi connectivity index (χ1n) is 6.67. The van der Waals surface area contributed by atoms with Crippen LogP contribution < -0.4 is 5.32 Å². The first-order chi connectivity index (χ1) is 9.75. The number of rotatable bonds is 3. The standard InChI is InChI=1S/C15H19N3O3/c1-10-5-7-11(8-6-10)15(2)13(20)18(14(21)16-15)9-12(19)17(3)4/h5-8H,9H2,1-4H3,(H,16,21)/t15-/m0/s1. The van der Waals surface area contributed by atoms with E-state index in [2.05, 4.69) is 5.32 Å². The number of nitrogens with zero attached hydrogens (tertiary/aromatic N) is 2. The fraction of sp³-hybridized carbons (Fsp3) is 0.400. The predicted octanol–water partition coefficient (Wildman–Crippen LogP) is 0.850. The maximum Gasteiger partial charge on any atom is 0.325 e. The maximum absolute atomic E-state index is 12.6. The number of hydrogen-bond acceptors (Lipinski definition) is 3. The zero-order valence-electron chi connectivity index (χ0n) is 12.6. The van der Waals surface area contributed by atoms with E-state index in [0.717, 1.165) is 10.5 Å². The number of nitrogens with one attached hydrogen (secondary N) is 1. The Hall–Kier alpha value is -2.37. The quantitative estimate of drug-likeness (QED) is 0.839. The number of imide groups is 1. The Morgan fingerprint density at radius 1 is 1.24 bits per heavy atom. The number of carbonyl (C=O) groups is 3. The summed E-state index contributed by atoms with van der Waals surface area (Å²) in [5, 5.41) is 2.68. The molecule has 1 N–H and O–H groups in total. The second-order valence-corrected chi connectivity index (χ2v) is 5.60. The molecule has 1 aromatic rings. The van der Waals surface area contributed by atoms with Gasteiger partial charge in [-0.3, -0.25) is 14.5 Å². The van der Waals surface area contributed by atoms with Crippen LogP contribution in [-0.2, 0) is 15.1 Å². The Morgan fingerprint density at radius 3 is 2.33 bits per heavy atom. The number of aryl methyl sites for hydroxylation is 1. The lowest BCUT2D eigenvalue weighted by Gasteiger charge is -2.22. The molecule has 1 fully saturated rings. The monoisotopic (exact) mass is 289 g/mol. The number of likely N-dealkylation sites (N-methyl/N-ethyl adjacent to an activating group) is 1. The second kappa shape index (κ2) is 5.20. The van der Waals surface area contributed by atoms with Crippen molar-refractivity contribution in [3.05, 3.63) is 35.4 Å². The molecule has 0 aliphatic carbocycles. The molecule has 1 aliphatic heterocycles. The van der Waals surface area contributed by atoms with Crippen LogP contribution in [0.4, 0.5) is 4.79 Å². The number of urea groups is 1. The fourth-order valence-corrected chi connectivity index (χ4v) is 2.20. The van der Waals surface area contributed by atoms with Gasteiger partial charge in [-0.2, -0.15) is 0 Å². The van der Waals surface area contributed by atoms with Crippen molar-refractivity contribution in [2.24, 2.45) is 0 Å². The van der Waals surface area contributed by atoms with Crippen LogP contribution in [0.2, 0.25) is 0 Å². The molecule has 112 valence electrons. The number of amides is 4. The highest BCUT2D eigenvalue weighted by atomic mass is 16.2. The highest BCUT2D eigenvalue weighted by Gasteiger charge is 2.49. The minimum absolute atomic E-state index is 0.251. The molecule has 0 bridgehead atoms. The van der Waals surface area contributed by atoms with Crippen molar-refractivity contribution >= 4 is 17.8 Å². The Morgan fingerprint density at radius 2 is 1.81 bits per heavy atom. The van der Waals surface area contributed by atoms with Crippen molar-refractivity contribution in [3.8, 4) is 0 Å². The van der Waals surface area contributed by atoms with Crippen molar-refractivity contribution in [1.29, 1.82) is 0 Å². The minimum Gasteiger partial charge on any atom is -0.347 e. The SMILES string of the molecule is Cc1ccc([C@]2(C)NC(=O)N(CC(=O)N(C)C)C2=O)cc1. The van der Waals surface area contributed by atoms with Crippen LogP contribution in [0.3, 0.4) is 0 Å². The van der Waals surface area contributed by atoms with Gasteiger partial charge in [0.15, 0.2) is 0 Å². The van der Waals surface area contributed by atoms with Crippen LogP contribution in [-0.4, -0.2) is 48.3 Å². The molecule has 6 nitrogen and oxygen atoms in total. The smallest absolute Gasteiger partial charge is 0.325 e. The summed E-state index contributed by atoms with van der Waals surface area (Å²) in [6.07, 6.45) is 0. The van der Waals surface area contributed by atoms with Gasteiger partial charge in [0.2, 0.25) is 5.91 Å². The van der Waals surface area contributed by atoms with Gasteiger partial charge in [0.25, 0.3) is 5.91 Å². The minimum atomic E-state index is -1.13. The predicted molar refractivity (Wildman–Crippen MR) is 77.5 cm³/mol. The van der Waals surface area contributed by atoms with Crippen molar-refractivity contribution < 1.29 is 14.4 Å². The van der Waals surface area contributed by atoms with Crippen LogP contribution in [0, 0.1) is 6.92 Å². The molecule has 6 heteroatoms. The lowest BCUT2D eigenvalue weighted by atomic mass is 9.91.